The van der Waals surface area contributed by atoms with Gasteiger partial charge in [0.25, 0.3) is 5.91 Å². The van der Waals surface area contributed by atoms with Gasteiger partial charge >= 0.3 is 0 Å². The van der Waals surface area contributed by atoms with Crippen LogP contribution in [-0.2, 0) is 0 Å². The molecule has 3 aromatic rings. The summed E-state index contributed by atoms with van der Waals surface area (Å²) in [7, 11) is 0. The second-order valence-corrected chi connectivity index (χ2v) is 5.51. The number of rotatable bonds is 5. The van der Waals surface area contributed by atoms with Crippen LogP contribution in [0.3, 0.4) is 0 Å². The summed E-state index contributed by atoms with van der Waals surface area (Å²) < 4.78 is 0. The van der Waals surface area contributed by atoms with Gasteiger partial charge in [0.15, 0.2) is 11.5 Å². The fraction of sp³-hybridized carbons (Fsp3) is 0.100. The first-order valence-corrected chi connectivity index (χ1v) is 8.19. The van der Waals surface area contributed by atoms with Crippen LogP contribution in [0.25, 0.3) is 0 Å². The van der Waals surface area contributed by atoms with E-state index in [0.29, 0.717) is 17.9 Å². The number of nitriles is 1. The van der Waals surface area contributed by atoms with Crippen LogP contribution >= 0.6 is 0 Å². The Bertz CT molecular complexity index is 932. The Hall–Kier alpha value is -3.72. The monoisotopic (exact) mass is 343 g/mol. The molecule has 0 fully saturated rings. The van der Waals surface area contributed by atoms with E-state index >= 15 is 0 Å². The van der Waals surface area contributed by atoms with Crippen molar-refractivity contribution in [3.8, 4) is 6.07 Å². The van der Waals surface area contributed by atoms with Crippen molar-refractivity contribution in [1.82, 2.24) is 10.2 Å². The van der Waals surface area contributed by atoms with Crippen molar-refractivity contribution in [2.24, 2.45) is 0 Å². The molecule has 1 N–H and O–H groups in total. The van der Waals surface area contributed by atoms with Gasteiger partial charge in [-0.05, 0) is 49.4 Å². The van der Waals surface area contributed by atoms with Crippen LogP contribution in [0.5, 0.6) is 0 Å². The van der Waals surface area contributed by atoms with Crippen LogP contribution in [0.1, 0.15) is 23.0 Å². The zero-order valence-electron chi connectivity index (χ0n) is 14.3. The van der Waals surface area contributed by atoms with Gasteiger partial charge < -0.3 is 10.2 Å². The van der Waals surface area contributed by atoms with Crippen molar-refractivity contribution in [3.05, 3.63) is 78.0 Å². The Morgan fingerprint density at radius 3 is 2.54 bits per heavy atom. The Balaban J connectivity index is 1.76. The number of nitrogens with one attached hydrogen (secondary N) is 1. The second kappa shape index (κ2) is 7.90. The number of para-hydroxylation sites is 1. The maximum atomic E-state index is 12.7. The lowest BCUT2D eigenvalue weighted by Crippen LogP contribution is -2.31. The summed E-state index contributed by atoms with van der Waals surface area (Å²) in [5.41, 5.74) is 2.37. The number of carbonyl (C=O) groups excluding carboxylic acids is 1. The number of aromatic nitrogens is 2. The van der Waals surface area contributed by atoms with Crippen LogP contribution in [-0.4, -0.2) is 22.6 Å². The van der Waals surface area contributed by atoms with Gasteiger partial charge in [0.2, 0.25) is 0 Å². The minimum atomic E-state index is -0.204. The molecule has 0 unspecified atom stereocenters. The molecule has 0 aliphatic carbocycles. The molecule has 26 heavy (non-hydrogen) atoms. The van der Waals surface area contributed by atoms with Gasteiger partial charge in [-0.3, -0.25) is 4.79 Å². The highest BCUT2D eigenvalue weighted by atomic mass is 16.2. The third kappa shape index (κ3) is 3.84. The maximum Gasteiger partial charge on any atom is 0.278 e. The third-order valence-electron chi connectivity index (χ3n) is 3.78. The number of anilines is 3. The first-order chi connectivity index (χ1) is 12.7. The molecule has 128 valence electrons. The van der Waals surface area contributed by atoms with E-state index in [1.807, 2.05) is 43.3 Å². The lowest BCUT2D eigenvalue weighted by Gasteiger charge is -2.20. The fourth-order valence-electron chi connectivity index (χ4n) is 2.52. The number of benzene rings is 2. The first-order valence-electron chi connectivity index (χ1n) is 8.19. The highest BCUT2D eigenvalue weighted by Crippen LogP contribution is 2.18. The highest BCUT2D eigenvalue weighted by molar-refractivity contribution is 6.04. The van der Waals surface area contributed by atoms with Crippen LogP contribution < -0.4 is 10.2 Å². The molecule has 0 atom stereocenters. The summed E-state index contributed by atoms with van der Waals surface area (Å²) in [4.78, 5) is 14.3. The van der Waals surface area contributed by atoms with Crippen LogP contribution in [0, 0.1) is 11.3 Å². The largest absolute Gasteiger partial charge is 0.339 e. The lowest BCUT2D eigenvalue weighted by molar-refractivity contribution is 0.0982. The molecule has 6 heteroatoms. The van der Waals surface area contributed by atoms with Crippen molar-refractivity contribution in [2.75, 3.05) is 16.8 Å². The fourth-order valence-corrected chi connectivity index (χ4v) is 2.52. The topological polar surface area (TPSA) is 81.9 Å². The van der Waals surface area contributed by atoms with Crippen molar-refractivity contribution in [1.29, 1.82) is 5.26 Å². The molecule has 0 saturated heterocycles. The average Bonchev–Trinajstić information content (AvgIpc) is 2.70. The summed E-state index contributed by atoms with van der Waals surface area (Å²) in [6.07, 6.45) is 0. The summed E-state index contributed by atoms with van der Waals surface area (Å²) in [5.74, 6) is 0.295. The molecule has 0 saturated carbocycles. The molecule has 0 aliphatic rings. The molecule has 0 bridgehead atoms. The molecule has 0 spiro atoms. The Morgan fingerprint density at radius 1 is 1.08 bits per heavy atom. The highest BCUT2D eigenvalue weighted by Gasteiger charge is 2.17. The van der Waals surface area contributed by atoms with E-state index in [-0.39, 0.29) is 11.6 Å². The molecule has 1 heterocycles. The van der Waals surface area contributed by atoms with Crippen molar-refractivity contribution in [2.45, 2.75) is 6.92 Å². The second-order valence-electron chi connectivity index (χ2n) is 5.51. The summed E-state index contributed by atoms with van der Waals surface area (Å²) in [6.45, 7) is 2.45. The van der Waals surface area contributed by atoms with Crippen molar-refractivity contribution in [3.63, 3.8) is 0 Å². The molecule has 1 amide bonds. The summed E-state index contributed by atoms with van der Waals surface area (Å²) in [6, 6.07) is 21.9. The molecule has 6 nitrogen and oxygen atoms in total. The van der Waals surface area contributed by atoms with Gasteiger partial charge in [0, 0.05) is 17.9 Å². The molecule has 2 aromatic carbocycles. The Kier molecular flexibility index (Phi) is 5.20. The smallest absolute Gasteiger partial charge is 0.278 e. The molecule has 0 aliphatic heterocycles. The van der Waals surface area contributed by atoms with E-state index in [1.165, 1.54) is 0 Å². The zero-order valence-corrected chi connectivity index (χ0v) is 14.3. The molecule has 3 rings (SSSR count). The van der Waals surface area contributed by atoms with E-state index in [0.717, 1.165) is 11.4 Å². The predicted molar refractivity (Wildman–Crippen MR) is 100 cm³/mol. The molecule has 1 aromatic heterocycles. The minimum Gasteiger partial charge on any atom is -0.339 e. The Morgan fingerprint density at radius 2 is 1.88 bits per heavy atom. The van der Waals surface area contributed by atoms with Crippen molar-refractivity contribution < 1.29 is 4.79 Å². The van der Waals surface area contributed by atoms with Gasteiger partial charge in [-0.15, -0.1) is 10.2 Å². The molecule has 0 radical (unpaired) electrons. The quantitative estimate of drug-likeness (QED) is 0.763. The van der Waals surface area contributed by atoms with Crippen LogP contribution in [0.4, 0.5) is 17.2 Å². The van der Waals surface area contributed by atoms with Gasteiger partial charge in [-0.25, -0.2) is 0 Å². The number of hydrogen-bond acceptors (Lipinski definition) is 5. The van der Waals surface area contributed by atoms with Gasteiger partial charge in [0.05, 0.1) is 11.6 Å². The van der Waals surface area contributed by atoms with E-state index < -0.39 is 0 Å². The lowest BCUT2D eigenvalue weighted by atomic mass is 10.2. The van der Waals surface area contributed by atoms with E-state index in [4.69, 9.17) is 5.26 Å². The molecular weight excluding hydrogens is 326 g/mol. The average molecular weight is 343 g/mol. The zero-order chi connectivity index (χ0) is 18.4. The van der Waals surface area contributed by atoms with E-state index in [1.54, 1.807) is 35.2 Å². The van der Waals surface area contributed by atoms with Gasteiger partial charge in [-0.2, -0.15) is 5.26 Å². The normalized spacial score (nSPS) is 10.0. The number of carbonyl (C=O) groups is 1. The summed E-state index contributed by atoms with van der Waals surface area (Å²) >= 11 is 0. The molecular formula is C20H17N5O. The number of nitrogens with zero attached hydrogens (tertiary/aromatic N) is 4. The van der Waals surface area contributed by atoms with Gasteiger partial charge in [-0.1, -0.05) is 24.3 Å². The standard InChI is InChI=1S/C20H17N5O/c1-2-25(17-9-4-3-5-10-17)20(26)18-11-12-19(24-23-18)22-16-8-6-7-15(13-16)14-21/h3-13H,2H2,1H3,(H,22,24). The maximum absolute atomic E-state index is 12.7. The number of hydrogen-bond donors (Lipinski definition) is 1. The Labute approximate surface area is 151 Å². The van der Waals surface area contributed by atoms with Crippen LogP contribution in [0.15, 0.2) is 66.7 Å². The summed E-state index contributed by atoms with van der Waals surface area (Å²) in [5, 5.41) is 20.1. The minimum absolute atomic E-state index is 0.204. The van der Waals surface area contributed by atoms with E-state index in [9.17, 15) is 4.79 Å². The third-order valence-corrected chi connectivity index (χ3v) is 3.78. The first kappa shape index (κ1) is 17.1. The van der Waals surface area contributed by atoms with Gasteiger partial charge in [0.1, 0.15) is 0 Å². The number of amides is 1. The SMILES string of the molecule is CCN(C(=O)c1ccc(Nc2cccc(C#N)c2)nn1)c1ccccc1. The van der Waals surface area contributed by atoms with Crippen molar-refractivity contribution >= 4 is 23.1 Å². The van der Waals surface area contributed by atoms with E-state index in [2.05, 4.69) is 21.6 Å². The van der Waals surface area contributed by atoms with Crippen LogP contribution in [0.2, 0.25) is 0 Å². The predicted octanol–water partition coefficient (Wildman–Crippen LogP) is 3.76.